The lowest BCUT2D eigenvalue weighted by Crippen LogP contribution is -2.44. The van der Waals surface area contributed by atoms with Crippen LogP contribution >= 0.6 is 0 Å². The Balaban J connectivity index is 0.000000159. The van der Waals surface area contributed by atoms with E-state index in [1.807, 2.05) is 34.1 Å². The fourth-order valence-corrected chi connectivity index (χ4v) is 11.2. The highest BCUT2D eigenvalue weighted by Crippen LogP contribution is 2.35. The molecule has 0 radical (unpaired) electrons. The molecule has 6 aliphatic rings. The Morgan fingerprint density at radius 1 is 0.568 bits per heavy atom. The van der Waals surface area contributed by atoms with Crippen molar-refractivity contribution < 1.29 is 28.0 Å². The summed E-state index contributed by atoms with van der Waals surface area (Å²) in [6.07, 6.45) is 11.4. The Kier molecular flexibility index (Phi) is 13.0. The standard InChI is InChI=1S/2C27H26FN7O2/c2*28-19-7-3-5-17(14-29)24(19)20-13-22(25-21(31-20)15-30-26(25)36)35-12-8-23(32-35)34-11-4-6-18(16-34)27(37)33-9-1-2-10-33/h2*3,5,7-8,12-13,18H,1-2,4,6,9-11,15-16H2,(H,30,36)/t18-;/m1./s1. The molecular weight excluding hydrogens is 947 g/mol. The highest BCUT2D eigenvalue weighted by atomic mass is 19.1. The average Bonchev–Trinajstić information content (AvgIpc) is 4.32. The molecule has 0 bridgehead atoms. The number of carbonyl (C=O) groups excluding carboxylic acids is 4. The minimum Gasteiger partial charge on any atom is -0.354 e. The van der Waals surface area contributed by atoms with E-state index in [1.165, 1.54) is 24.3 Å². The number of nitrogens with one attached hydrogen (secondary N) is 2. The van der Waals surface area contributed by atoms with Crippen LogP contribution in [-0.2, 0) is 22.7 Å². The molecule has 2 atom stereocenters. The number of benzene rings is 2. The van der Waals surface area contributed by atoms with Crippen molar-refractivity contribution in [2.24, 2.45) is 11.8 Å². The van der Waals surface area contributed by atoms with E-state index >= 15 is 0 Å². The Hall–Kier alpha value is -8.52. The van der Waals surface area contributed by atoms with Crippen LogP contribution in [0.15, 0.2) is 73.1 Å². The molecule has 20 heteroatoms. The Morgan fingerprint density at radius 2 is 0.986 bits per heavy atom. The summed E-state index contributed by atoms with van der Waals surface area (Å²) < 4.78 is 32.8. The van der Waals surface area contributed by atoms with Crippen LogP contribution in [0.25, 0.3) is 33.9 Å². The van der Waals surface area contributed by atoms with Gasteiger partial charge in [-0.05, 0) is 87.8 Å². The predicted octanol–water partition coefficient (Wildman–Crippen LogP) is 6.05. The van der Waals surface area contributed by atoms with Gasteiger partial charge in [0, 0.05) is 76.9 Å². The number of hydrogen-bond donors (Lipinski definition) is 2. The number of amides is 4. The molecule has 4 fully saturated rings. The van der Waals surface area contributed by atoms with E-state index in [2.05, 4.69) is 30.4 Å². The van der Waals surface area contributed by atoms with E-state index in [0.717, 1.165) is 90.6 Å². The lowest BCUT2D eigenvalue weighted by molar-refractivity contribution is -0.135. The molecule has 10 heterocycles. The summed E-state index contributed by atoms with van der Waals surface area (Å²) >= 11 is 0. The van der Waals surface area contributed by atoms with Gasteiger partial charge in [-0.3, -0.25) is 19.2 Å². The molecule has 1 unspecified atom stereocenters. The van der Waals surface area contributed by atoms with Crippen molar-refractivity contribution in [1.82, 2.24) is 50.0 Å². The summed E-state index contributed by atoms with van der Waals surface area (Å²) in [6, 6.07) is 19.6. The van der Waals surface area contributed by atoms with Gasteiger partial charge in [0.15, 0.2) is 11.6 Å². The van der Waals surface area contributed by atoms with Crippen molar-refractivity contribution in [3.8, 4) is 46.0 Å². The Morgan fingerprint density at radius 3 is 1.39 bits per heavy atom. The Bertz CT molecular complexity index is 3090. The van der Waals surface area contributed by atoms with Crippen LogP contribution in [0.2, 0.25) is 0 Å². The van der Waals surface area contributed by atoms with E-state index in [4.69, 9.17) is 10.2 Å². The third-order valence-electron chi connectivity index (χ3n) is 14.9. The summed E-state index contributed by atoms with van der Waals surface area (Å²) in [5.41, 5.74) is 3.73. The zero-order valence-electron chi connectivity index (χ0n) is 40.6. The summed E-state index contributed by atoms with van der Waals surface area (Å²) in [4.78, 5) is 68.6. The summed E-state index contributed by atoms with van der Waals surface area (Å²) in [6.45, 7) is 6.60. The van der Waals surface area contributed by atoms with Crippen LogP contribution in [0.1, 0.15) is 94.6 Å². The van der Waals surface area contributed by atoms with Gasteiger partial charge in [0.05, 0.1) is 105 Å². The number of likely N-dealkylation sites (tertiary alicyclic amines) is 2. The molecule has 74 heavy (non-hydrogen) atoms. The number of rotatable bonds is 8. The van der Waals surface area contributed by atoms with Gasteiger partial charge in [0.25, 0.3) is 11.8 Å². The number of hydrogen-bond acceptors (Lipinski definition) is 12. The lowest BCUT2D eigenvalue weighted by atomic mass is 9.96. The lowest BCUT2D eigenvalue weighted by Gasteiger charge is -2.34. The smallest absolute Gasteiger partial charge is 0.255 e. The zero-order chi connectivity index (χ0) is 51.0. The van der Waals surface area contributed by atoms with Crippen LogP contribution in [0.4, 0.5) is 20.4 Å². The second kappa shape index (κ2) is 20.2. The third-order valence-corrected chi connectivity index (χ3v) is 14.9. The molecule has 376 valence electrons. The van der Waals surface area contributed by atoms with Crippen molar-refractivity contribution in [3.63, 3.8) is 0 Å². The maximum Gasteiger partial charge on any atom is 0.255 e. The molecule has 2 aromatic carbocycles. The van der Waals surface area contributed by atoms with Crippen LogP contribution < -0.4 is 20.4 Å². The first-order valence-electron chi connectivity index (χ1n) is 25.3. The maximum atomic E-state index is 14.8. The van der Waals surface area contributed by atoms with Gasteiger partial charge in [-0.15, -0.1) is 0 Å². The minimum atomic E-state index is -0.557. The molecule has 18 nitrogen and oxygen atoms in total. The van der Waals surface area contributed by atoms with Crippen molar-refractivity contribution in [3.05, 3.63) is 118 Å². The van der Waals surface area contributed by atoms with E-state index in [9.17, 15) is 38.5 Å². The normalized spacial score (nSPS) is 19.0. The van der Waals surface area contributed by atoms with Crippen LogP contribution in [0.5, 0.6) is 0 Å². The van der Waals surface area contributed by atoms with Crippen LogP contribution in [0.3, 0.4) is 0 Å². The first kappa shape index (κ1) is 47.8. The number of piperidine rings is 2. The number of carbonyl (C=O) groups is 4. The number of anilines is 2. The molecule has 12 rings (SSSR count). The van der Waals surface area contributed by atoms with Crippen molar-refractivity contribution in [2.45, 2.75) is 64.5 Å². The molecule has 4 saturated heterocycles. The molecule has 4 aromatic heterocycles. The number of aromatic nitrogens is 6. The van der Waals surface area contributed by atoms with Gasteiger partial charge in [0.1, 0.15) is 11.6 Å². The quantitative estimate of drug-likeness (QED) is 0.178. The minimum absolute atomic E-state index is 0.0509. The molecule has 0 spiro atoms. The van der Waals surface area contributed by atoms with Gasteiger partial charge in [-0.25, -0.2) is 28.1 Å². The molecule has 4 amide bonds. The van der Waals surface area contributed by atoms with E-state index in [-0.39, 0.29) is 82.2 Å². The summed E-state index contributed by atoms with van der Waals surface area (Å²) in [7, 11) is 0. The van der Waals surface area contributed by atoms with Crippen molar-refractivity contribution in [2.75, 3.05) is 62.2 Å². The summed E-state index contributed by atoms with van der Waals surface area (Å²) in [5.74, 6) is 0.127. The van der Waals surface area contributed by atoms with Gasteiger partial charge in [0.2, 0.25) is 11.8 Å². The fourth-order valence-electron chi connectivity index (χ4n) is 11.2. The van der Waals surface area contributed by atoms with Gasteiger partial charge < -0.3 is 30.2 Å². The largest absolute Gasteiger partial charge is 0.354 e. The molecule has 0 saturated carbocycles. The maximum absolute atomic E-state index is 14.8. The van der Waals surface area contributed by atoms with Crippen molar-refractivity contribution in [1.29, 1.82) is 10.5 Å². The first-order chi connectivity index (χ1) is 36.1. The second-order valence-electron chi connectivity index (χ2n) is 19.5. The number of nitriles is 2. The zero-order valence-corrected chi connectivity index (χ0v) is 40.6. The van der Waals surface area contributed by atoms with Gasteiger partial charge in [-0.1, -0.05) is 12.1 Å². The monoisotopic (exact) mass is 998 g/mol. The number of nitrogens with zero attached hydrogens (tertiary/aromatic N) is 12. The predicted molar refractivity (Wildman–Crippen MR) is 267 cm³/mol. The topological polar surface area (TPSA) is 214 Å². The molecular formula is C54H52F2N14O4. The van der Waals surface area contributed by atoms with Crippen molar-refractivity contribution >= 4 is 35.3 Å². The number of pyridine rings is 2. The number of halogens is 2. The highest BCUT2D eigenvalue weighted by molar-refractivity contribution is 6.02. The number of fused-ring (bicyclic) bond motifs is 2. The van der Waals surface area contributed by atoms with E-state index in [0.29, 0.717) is 58.6 Å². The molecule has 2 N–H and O–H groups in total. The fraction of sp³-hybridized carbons (Fsp3) is 0.370. The molecule has 6 aromatic rings. The third kappa shape index (κ3) is 9.05. The van der Waals surface area contributed by atoms with Gasteiger partial charge >= 0.3 is 0 Å². The SMILES string of the molecule is N#Cc1cccc(F)c1-c1cc(-n2ccc(N3CCCC(C(=O)N4CCCC4)C3)n2)c2c(n1)CNC2=O.N#Cc1cccc(F)c1-c1cc(-n2ccc(N3CCC[C@@H](C(=O)N4CCCC4)C3)n2)c2c(n1)CNC2=O. The van der Waals surface area contributed by atoms with E-state index < -0.39 is 11.6 Å². The summed E-state index contributed by atoms with van der Waals surface area (Å²) in [5, 5.41) is 34.2. The second-order valence-corrected chi connectivity index (χ2v) is 19.5. The highest BCUT2D eigenvalue weighted by Gasteiger charge is 2.35. The van der Waals surface area contributed by atoms with Gasteiger partial charge in [-0.2, -0.15) is 20.7 Å². The van der Waals surface area contributed by atoms with Crippen LogP contribution in [0, 0.1) is 46.1 Å². The Labute approximate surface area is 425 Å². The average molecular weight is 999 g/mol. The first-order valence-corrected chi connectivity index (χ1v) is 25.3. The van der Waals surface area contributed by atoms with E-state index in [1.54, 1.807) is 46.0 Å². The molecule has 0 aliphatic carbocycles. The van der Waals surface area contributed by atoms with Crippen LogP contribution in [-0.4, -0.2) is 115 Å². The molecule has 6 aliphatic heterocycles.